The fourth-order valence-corrected chi connectivity index (χ4v) is 3.47. The summed E-state index contributed by atoms with van der Waals surface area (Å²) in [6.07, 6.45) is -0.546. The van der Waals surface area contributed by atoms with Gasteiger partial charge in [-0.15, -0.1) is 0 Å². The topological polar surface area (TPSA) is 91.1 Å². The summed E-state index contributed by atoms with van der Waals surface area (Å²) in [5.74, 6) is -0.300. The Hall–Kier alpha value is -2.97. The highest BCUT2D eigenvalue weighted by Gasteiger charge is 2.48. The van der Waals surface area contributed by atoms with Crippen molar-refractivity contribution in [3.8, 4) is 5.75 Å². The molecule has 0 bridgehead atoms. The molecule has 8 nitrogen and oxygen atoms in total. The van der Waals surface area contributed by atoms with Gasteiger partial charge in [-0.1, -0.05) is 24.3 Å². The van der Waals surface area contributed by atoms with Crippen molar-refractivity contribution < 1.29 is 24.0 Å². The summed E-state index contributed by atoms with van der Waals surface area (Å²) in [6.45, 7) is 2.00. The van der Waals surface area contributed by atoms with Crippen LogP contribution in [0.25, 0.3) is 0 Å². The molecule has 0 aromatic heterocycles. The van der Waals surface area contributed by atoms with Crippen LogP contribution >= 0.6 is 0 Å². The maximum atomic E-state index is 12.8. The quantitative estimate of drug-likeness (QED) is 0.427. The number of nitrogens with zero attached hydrogens (tertiary/aromatic N) is 2. The van der Waals surface area contributed by atoms with Crippen LogP contribution in [-0.4, -0.2) is 36.7 Å². The van der Waals surface area contributed by atoms with E-state index < -0.39 is 23.0 Å². The van der Waals surface area contributed by atoms with Crippen molar-refractivity contribution >= 4 is 11.7 Å². The second-order valence-electron chi connectivity index (χ2n) is 6.42. The molecule has 0 N–H and O–H groups in total. The number of esters is 1. The number of hydrogen-bond donors (Lipinski definition) is 0. The zero-order valence-electron chi connectivity index (χ0n) is 15.9. The lowest BCUT2D eigenvalue weighted by Crippen LogP contribution is -2.28. The van der Waals surface area contributed by atoms with Gasteiger partial charge in [0.2, 0.25) is 0 Å². The van der Waals surface area contributed by atoms with E-state index in [1.807, 2.05) is 12.1 Å². The Morgan fingerprint density at radius 1 is 1.14 bits per heavy atom. The molecule has 3 rings (SSSR count). The minimum absolute atomic E-state index is 0.00953. The molecule has 3 atom stereocenters. The average Bonchev–Trinajstić information content (AvgIpc) is 3.05. The molecule has 0 saturated carbocycles. The number of benzene rings is 2. The summed E-state index contributed by atoms with van der Waals surface area (Å²) >= 11 is 0. The van der Waals surface area contributed by atoms with Gasteiger partial charge in [-0.05, 0) is 30.2 Å². The number of ether oxygens (including phenoxy) is 2. The van der Waals surface area contributed by atoms with Gasteiger partial charge in [0.05, 0.1) is 24.7 Å². The van der Waals surface area contributed by atoms with E-state index in [2.05, 4.69) is 0 Å². The van der Waals surface area contributed by atoms with Crippen LogP contribution in [0.4, 0.5) is 5.69 Å². The molecule has 8 heteroatoms. The average molecular weight is 386 g/mol. The maximum Gasteiger partial charge on any atom is 0.314 e. The van der Waals surface area contributed by atoms with Crippen LogP contribution in [0.5, 0.6) is 5.75 Å². The Bertz CT molecular complexity index is 837. The molecular weight excluding hydrogens is 364 g/mol. The predicted molar refractivity (Wildman–Crippen MR) is 101 cm³/mol. The van der Waals surface area contributed by atoms with Crippen molar-refractivity contribution in [2.24, 2.45) is 5.92 Å². The van der Waals surface area contributed by atoms with Crippen molar-refractivity contribution in [1.82, 2.24) is 5.06 Å². The summed E-state index contributed by atoms with van der Waals surface area (Å²) < 4.78 is 10.5. The van der Waals surface area contributed by atoms with Gasteiger partial charge < -0.3 is 9.47 Å². The third-order valence-electron chi connectivity index (χ3n) is 4.79. The molecule has 1 aliphatic rings. The monoisotopic (exact) mass is 386 g/mol. The smallest absolute Gasteiger partial charge is 0.314 e. The molecule has 0 aliphatic carbocycles. The fraction of sp³-hybridized carbons (Fsp3) is 0.350. The van der Waals surface area contributed by atoms with Gasteiger partial charge in [-0.3, -0.25) is 19.7 Å². The van der Waals surface area contributed by atoms with Crippen LogP contribution in [0.2, 0.25) is 0 Å². The SMILES string of the molecule is CCOC(=O)[C@@H]1[C@@H](c2ccc([N+](=O)[O-])cc2)N(C)O[C@H]1c1ccc(OC)cc1. The zero-order valence-corrected chi connectivity index (χ0v) is 15.9. The molecule has 0 unspecified atom stereocenters. The number of nitro benzene ring substituents is 1. The van der Waals surface area contributed by atoms with Gasteiger partial charge >= 0.3 is 5.97 Å². The maximum absolute atomic E-state index is 12.8. The van der Waals surface area contributed by atoms with Crippen LogP contribution in [0, 0.1) is 16.0 Å². The first-order chi connectivity index (χ1) is 13.5. The Balaban J connectivity index is 1.97. The summed E-state index contributed by atoms with van der Waals surface area (Å²) in [6, 6.07) is 13.0. The van der Waals surface area contributed by atoms with Crippen LogP contribution in [0.3, 0.4) is 0 Å². The fourth-order valence-electron chi connectivity index (χ4n) is 3.47. The minimum Gasteiger partial charge on any atom is -0.497 e. The third kappa shape index (κ3) is 3.83. The molecule has 2 aromatic carbocycles. The highest BCUT2D eigenvalue weighted by molar-refractivity contribution is 5.75. The largest absolute Gasteiger partial charge is 0.497 e. The molecule has 0 spiro atoms. The van der Waals surface area contributed by atoms with Crippen LogP contribution < -0.4 is 4.74 Å². The Morgan fingerprint density at radius 3 is 2.29 bits per heavy atom. The zero-order chi connectivity index (χ0) is 20.3. The van der Waals surface area contributed by atoms with E-state index in [-0.39, 0.29) is 18.3 Å². The number of nitro groups is 1. The van der Waals surface area contributed by atoms with Gasteiger partial charge in [0.25, 0.3) is 5.69 Å². The Labute approximate surface area is 162 Å². The third-order valence-corrected chi connectivity index (χ3v) is 4.79. The Kier molecular flexibility index (Phi) is 5.91. The van der Waals surface area contributed by atoms with Gasteiger partial charge in [-0.25, -0.2) is 0 Å². The minimum atomic E-state index is -0.625. The summed E-state index contributed by atoms with van der Waals surface area (Å²) in [7, 11) is 3.32. The van der Waals surface area contributed by atoms with E-state index in [1.165, 1.54) is 12.1 Å². The van der Waals surface area contributed by atoms with Gasteiger partial charge in [-0.2, -0.15) is 5.06 Å². The lowest BCUT2D eigenvalue weighted by atomic mass is 9.86. The normalized spacial score (nSPS) is 22.0. The van der Waals surface area contributed by atoms with Crippen molar-refractivity contribution in [2.75, 3.05) is 20.8 Å². The van der Waals surface area contributed by atoms with Crippen molar-refractivity contribution in [3.05, 3.63) is 69.8 Å². The number of carbonyl (C=O) groups is 1. The molecule has 148 valence electrons. The number of carbonyl (C=O) groups excluding carboxylic acids is 1. The highest BCUT2D eigenvalue weighted by Crippen LogP contribution is 2.47. The van der Waals surface area contributed by atoms with E-state index in [1.54, 1.807) is 50.4 Å². The molecule has 1 aliphatic heterocycles. The lowest BCUT2D eigenvalue weighted by molar-refractivity contribution is -0.384. The molecule has 0 amide bonds. The summed E-state index contributed by atoms with van der Waals surface area (Å²) in [4.78, 5) is 29.3. The molecular formula is C20H22N2O6. The van der Waals surface area contributed by atoms with E-state index in [9.17, 15) is 14.9 Å². The molecule has 1 saturated heterocycles. The number of methoxy groups -OCH3 is 1. The van der Waals surface area contributed by atoms with E-state index in [0.29, 0.717) is 5.75 Å². The highest BCUT2D eigenvalue weighted by atomic mass is 16.7. The van der Waals surface area contributed by atoms with E-state index >= 15 is 0 Å². The van der Waals surface area contributed by atoms with Crippen molar-refractivity contribution in [1.29, 1.82) is 0 Å². The first kappa shape index (κ1) is 19.8. The first-order valence-corrected chi connectivity index (χ1v) is 8.90. The van der Waals surface area contributed by atoms with E-state index in [0.717, 1.165) is 11.1 Å². The van der Waals surface area contributed by atoms with Crippen molar-refractivity contribution in [3.63, 3.8) is 0 Å². The first-order valence-electron chi connectivity index (χ1n) is 8.90. The predicted octanol–water partition coefficient (Wildman–Crippen LogP) is 3.44. The molecule has 28 heavy (non-hydrogen) atoms. The number of hydroxylamine groups is 2. The standard InChI is InChI=1S/C20H22N2O6/c1-4-27-20(23)17-18(13-5-9-15(10-6-13)22(24)25)21(2)28-19(17)14-7-11-16(26-3)12-8-14/h5-12,17-19H,4H2,1-3H3/t17-,18-,19+/m1/s1. The number of non-ortho nitro benzene ring substituents is 1. The van der Waals surface area contributed by atoms with Crippen LogP contribution in [0.15, 0.2) is 48.5 Å². The second kappa shape index (κ2) is 8.37. The molecule has 0 radical (unpaired) electrons. The van der Waals surface area contributed by atoms with Gasteiger partial charge in [0.15, 0.2) is 0 Å². The van der Waals surface area contributed by atoms with E-state index in [4.69, 9.17) is 14.3 Å². The van der Waals surface area contributed by atoms with Crippen LogP contribution in [-0.2, 0) is 14.4 Å². The second-order valence-corrected chi connectivity index (χ2v) is 6.42. The molecule has 1 heterocycles. The molecule has 1 fully saturated rings. The lowest BCUT2D eigenvalue weighted by Gasteiger charge is -2.22. The number of rotatable bonds is 6. The van der Waals surface area contributed by atoms with Crippen molar-refractivity contribution in [2.45, 2.75) is 19.1 Å². The molecule has 2 aromatic rings. The van der Waals surface area contributed by atoms with Gasteiger partial charge in [0.1, 0.15) is 17.8 Å². The van der Waals surface area contributed by atoms with Crippen LogP contribution in [0.1, 0.15) is 30.2 Å². The summed E-state index contributed by atoms with van der Waals surface area (Å²) in [5, 5.41) is 12.5. The Morgan fingerprint density at radius 2 is 1.75 bits per heavy atom. The summed E-state index contributed by atoms with van der Waals surface area (Å²) in [5.41, 5.74) is 1.54. The van der Waals surface area contributed by atoms with Gasteiger partial charge in [0, 0.05) is 19.2 Å². The number of hydrogen-bond acceptors (Lipinski definition) is 7.